The molecule has 0 spiro atoms. The van der Waals surface area contributed by atoms with Crippen LogP contribution in [-0.2, 0) is 22.6 Å². The van der Waals surface area contributed by atoms with E-state index in [1.165, 1.54) is 11.8 Å². The monoisotopic (exact) mass is 461 g/mol. The van der Waals surface area contributed by atoms with E-state index in [1.54, 1.807) is 4.90 Å². The molecule has 0 aliphatic carbocycles. The van der Waals surface area contributed by atoms with Crippen molar-refractivity contribution < 1.29 is 19.0 Å². The number of aromatic nitrogens is 3. The Morgan fingerprint density at radius 3 is 2.62 bits per heavy atom. The van der Waals surface area contributed by atoms with Gasteiger partial charge < -0.3 is 24.0 Å². The van der Waals surface area contributed by atoms with Crippen molar-refractivity contribution in [2.24, 2.45) is 5.92 Å². The van der Waals surface area contributed by atoms with Crippen molar-refractivity contribution in [3.8, 4) is 11.5 Å². The molecule has 0 unspecified atom stereocenters. The van der Waals surface area contributed by atoms with Crippen LogP contribution >= 0.6 is 11.8 Å². The van der Waals surface area contributed by atoms with Gasteiger partial charge >= 0.3 is 0 Å². The van der Waals surface area contributed by atoms with E-state index in [4.69, 9.17) is 14.2 Å². The summed E-state index contributed by atoms with van der Waals surface area (Å²) in [5.41, 5.74) is 1.01. The molecule has 4 rings (SSSR count). The van der Waals surface area contributed by atoms with Crippen LogP contribution in [0, 0.1) is 5.92 Å². The predicted octanol–water partition coefficient (Wildman–Crippen LogP) is 2.29. The average molecular weight is 462 g/mol. The van der Waals surface area contributed by atoms with Gasteiger partial charge in [-0.05, 0) is 23.6 Å². The number of amides is 1. The Labute approximate surface area is 193 Å². The molecular weight excluding hydrogens is 430 g/mol. The summed E-state index contributed by atoms with van der Waals surface area (Å²) >= 11 is 1.44. The largest absolute Gasteiger partial charge is 0.486 e. The molecular formula is C22H31N5O4S. The first-order valence-electron chi connectivity index (χ1n) is 11.0. The summed E-state index contributed by atoms with van der Waals surface area (Å²) in [6, 6.07) is 5.82. The van der Waals surface area contributed by atoms with Crippen LogP contribution in [0.15, 0.2) is 23.4 Å². The van der Waals surface area contributed by atoms with E-state index in [2.05, 4.69) is 33.5 Å². The molecule has 0 N–H and O–H groups in total. The van der Waals surface area contributed by atoms with Crippen LogP contribution in [0.1, 0.15) is 19.4 Å². The molecule has 0 bridgehead atoms. The van der Waals surface area contributed by atoms with E-state index in [0.717, 1.165) is 47.8 Å². The molecule has 2 aliphatic heterocycles. The van der Waals surface area contributed by atoms with Crippen LogP contribution < -0.4 is 14.4 Å². The second-order valence-electron chi connectivity index (χ2n) is 8.40. The normalized spacial score (nSPS) is 15.8. The topological polar surface area (TPSA) is 82.0 Å². The molecule has 3 heterocycles. The highest BCUT2D eigenvalue weighted by Gasteiger charge is 2.22. The lowest BCUT2D eigenvalue weighted by Crippen LogP contribution is -2.38. The fourth-order valence-corrected chi connectivity index (χ4v) is 4.58. The Morgan fingerprint density at radius 2 is 1.88 bits per heavy atom. The Balaban J connectivity index is 1.38. The summed E-state index contributed by atoms with van der Waals surface area (Å²) in [6.45, 7) is 9.77. The van der Waals surface area contributed by atoms with Crippen LogP contribution in [0.2, 0.25) is 0 Å². The number of rotatable bonds is 8. The second-order valence-corrected chi connectivity index (χ2v) is 9.35. The molecule has 1 fully saturated rings. The average Bonchev–Trinajstić information content (AvgIpc) is 3.19. The number of ether oxygens (including phenoxy) is 3. The number of carbonyl (C=O) groups is 1. The van der Waals surface area contributed by atoms with Crippen molar-refractivity contribution in [2.45, 2.75) is 32.1 Å². The fourth-order valence-electron chi connectivity index (χ4n) is 3.69. The highest BCUT2D eigenvalue weighted by atomic mass is 32.2. The predicted molar refractivity (Wildman–Crippen MR) is 123 cm³/mol. The summed E-state index contributed by atoms with van der Waals surface area (Å²) < 4.78 is 18.8. The summed E-state index contributed by atoms with van der Waals surface area (Å²) in [5, 5.41) is 9.62. The SMILES string of the molecule is CC(C)Cn1c(SCC(=O)N(C)Cc2ccc3c(c2)OCCO3)nnc1N1CCOCC1. The van der Waals surface area contributed by atoms with Crippen molar-refractivity contribution in [1.82, 2.24) is 19.7 Å². The highest BCUT2D eigenvalue weighted by Crippen LogP contribution is 2.31. The second kappa shape index (κ2) is 10.4. The van der Waals surface area contributed by atoms with Gasteiger partial charge in [0.25, 0.3) is 0 Å². The van der Waals surface area contributed by atoms with Gasteiger partial charge in [-0.3, -0.25) is 9.36 Å². The first-order chi connectivity index (χ1) is 15.5. The molecule has 1 amide bonds. The molecule has 9 nitrogen and oxygen atoms in total. The number of fused-ring (bicyclic) bond motifs is 1. The quantitative estimate of drug-likeness (QED) is 0.554. The summed E-state index contributed by atoms with van der Waals surface area (Å²) in [5.74, 6) is 3.14. The third-order valence-electron chi connectivity index (χ3n) is 5.32. The Kier molecular flexibility index (Phi) is 7.41. The Hall–Kier alpha value is -2.46. The zero-order chi connectivity index (χ0) is 22.5. The van der Waals surface area contributed by atoms with Crippen molar-refractivity contribution >= 4 is 23.6 Å². The van der Waals surface area contributed by atoms with Crippen molar-refractivity contribution in [3.05, 3.63) is 23.8 Å². The number of benzene rings is 1. The minimum absolute atomic E-state index is 0.0388. The standard InChI is InChI=1S/C22H31N5O4S/c1-16(2)13-27-21(26-6-8-29-9-7-26)23-24-22(27)32-15-20(28)25(3)14-17-4-5-18-19(12-17)31-11-10-30-18/h4-5,12,16H,6-11,13-15H2,1-3H3. The molecule has 32 heavy (non-hydrogen) atoms. The van der Waals surface area contributed by atoms with Crippen LogP contribution in [0.25, 0.3) is 0 Å². The Morgan fingerprint density at radius 1 is 1.12 bits per heavy atom. The maximum atomic E-state index is 12.8. The Bertz CT molecular complexity index is 929. The first kappa shape index (κ1) is 22.7. The van der Waals surface area contributed by atoms with Crippen molar-refractivity contribution in [2.75, 3.05) is 57.2 Å². The van der Waals surface area contributed by atoms with Gasteiger partial charge in [0.05, 0.1) is 19.0 Å². The maximum absolute atomic E-state index is 12.8. The van der Waals surface area contributed by atoms with E-state index < -0.39 is 0 Å². The zero-order valence-corrected chi connectivity index (χ0v) is 19.8. The number of hydrogen-bond donors (Lipinski definition) is 0. The van der Waals surface area contributed by atoms with E-state index in [1.807, 2.05) is 25.2 Å². The molecule has 174 valence electrons. The first-order valence-corrected chi connectivity index (χ1v) is 12.0. The molecule has 0 radical (unpaired) electrons. The lowest BCUT2D eigenvalue weighted by atomic mass is 10.2. The van der Waals surface area contributed by atoms with Gasteiger partial charge in [0.2, 0.25) is 11.9 Å². The summed E-state index contributed by atoms with van der Waals surface area (Å²) in [7, 11) is 1.82. The minimum atomic E-state index is 0.0388. The van der Waals surface area contributed by atoms with Crippen LogP contribution in [-0.4, -0.2) is 77.9 Å². The molecule has 1 saturated heterocycles. The molecule has 2 aromatic rings. The van der Waals surface area contributed by atoms with Gasteiger partial charge in [-0.2, -0.15) is 0 Å². The summed E-state index contributed by atoms with van der Waals surface area (Å²) in [4.78, 5) is 16.7. The maximum Gasteiger partial charge on any atom is 0.233 e. The fraction of sp³-hybridized carbons (Fsp3) is 0.591. The van der Waals surface area contributed by atoms with E-state index >= 15 is 0 Å². The lowest BCUT2D eigenvalue weighted by Gasteiger charge is -2.28. The number of morpholine rings is 1. The molecule has 0 atom stereocenters. The number of nitrogens with zero attached hydrogens (tertiary/aromatic N) is 5. The van der Waals surface area contributed by atoms with Gasteiger partial charge in [0, 0.05) is 33.2 Å². The number of anilines is 1. The van der Waals surface area contributed by atoms with E-state index in [0.29, 0.717) is 44.6 Å². The summed E-state index contributed by atoms with van der Waals surface area (Å²) in [6.07, 6.45) is 0. The highest BCUT2D eigenvalue weighted by molar-refractivity contribution is 7.99. The van der Waals surface area contributed by atoms with Gasteiger partial charge in [-0.25, -0.2) is 0 Å². The van der Waals surface area contributed by atoms with Crippen LogP contribution in [0.3, 0.4) is 0 Å². The van der Waals surface area contributed by atoms with Crippen LogP contribution in [0.5, 0.6) is 11.5 Å². The van der Waals surface area contributed by atoms with E-state index in [9.17, 15) is 4.79 Å². The molecule has 1 aromatic carbocycles. The smallest absolute Gasteiger partial charge is 0.233 e. The van der Waals surface area contributed by atoms with Gasteiger partial charge in [0.15, 0.2) is 16.7 Å². The third-order valence-corrected chi connectivity index (χ3v) is 6.27. The third kappa shape index (κ3) is 5.47. The van der Waals surface area contributed by atoms with Crippen molar-refractivity contribution in [3.63, 3.8) is 0 Å². The van der Waals surface area contributed by atoms with Gasteiger partial charge in [0.1, 0.15) is 13.2 Å². The van der Waals surface area contributed by atoms with Gasteiger partial charge in [-0.15, -0.1) is 10.2 Å². The van der Waals surface area contributed by atoms with Crippen LogP contribution in [0.4, 0.5) is 5.95 Å². The van der Waals surface area contributed by atoms with E-state index in [-0.39, 0.29) is 5.91 Å². The lowest BCUT2D eigenvalue weighted by molar-refractivity contribution is -0.127. The number of hydrogen-bond acceptors (Lipinski definition) is 8. The minimum Gasteiger partial charge on any atom is -0.486 e. The molecule has 2 aliphatic rings. The molecule has 0 saturated carbocycles. The van der Waals surface area contributed by atoms with Crippen molar-refractivity contribution in [1.29, 1.82) is 0 Å². The molecule has 1 aromatic heterocycles. The van der Waals surface area contributed by atoms with Gasteiger partial charge in [-0.1, -0.05) is 31.7 Å². The molecule has 10 heteroatoms. The zero-order valence-electron chi connectivity index (χ0n) is 19.0. The number of carbonyl (C=O) groups excluding carboxylic acids is 1. The number of thioether (sulfide) groups is 1.